The molecule has 0 bridgehead atoms. The van der Waals surface area contributed by atoms with E-state index in [4.69, 9.17) is 27.9 Å². The molecule has 1 amide bonds. The van der Waals surface area contributed by atoms with E-state index in [1.807, 2.05) is 37.3 Å². The number of halogens is 2. The molecule has 1 N–H and O–H groups in total. The fourth-order valence-electron chi connectivity index (χ4n) is 2.76. The summed E-state index contributed by atoms with van der Waals surface area (Å²) in [5.41, 5.74) is 2.22. The van der Waals surface area contributed by atoms with Gasteiger partial charge in [0, 0.05) is 34.1 Å². The number of aromatic amines is 1. The van der Waals surface area contributed by atoms with Crippen molar-refractivity contribution in [2.45, 2.75) is 13.0 Å². The van der Waals surface area contributed by atoms with Gasteiger partial charge in [-0.25, -0.2) is 0 Å². The number of benzene rings is 2. The first-order valence-electron chi connectivity index (χ1n) is 7.79. The van der Waals surface area contributed by atoms with Crippen LogP contribution >= 0.6 is 23.2 Å². The number of rotatable bonds is 4. The molecule has 0 aliphatic rings. The zero-order valence-corrected chi connectivity index (χ0v) is 15.7. The maximum atomic E-state index is 12.9. The molecule has 1 heterocycles. The van der Waals surface area contributed by atoms with Crippen molar-refractivity contribution >= 4 is 40.0 Å². The Kier molecular flexibility index (Phi) is 4.93. The third kappa shape index (κ3) is 3.46. The number of fused-ring (bicyclic) bond motifs is 1. The van der Waals surface area contributed by atoms with Crippen molar-refractivity contribution < 1.29 is 9.53 Å². The molecule has 1 atom stereocenters. The van der Waals surface area contributed by atoms with Gasteiger partial charge in [0.15, 0.2) is 0 Å². The highest BCUT2D eigenvalue weighted by molar-refractivity contribution is 6.35. The molecule has 130 valence electrons. The summed E-state index contributed by atoms with van der Waals surface area (Å²) in [6.07, 6.45) is 0. The van der Waals surface area contributed by atoms with Crippen molar-refractivity contribution in [3.05, 3.63) is 63.8 Å². The van der Waals surface area contributed by atoms with Crippen LogP contribution in [0.3, 0.4) is 0 Å². The van der Waals surface area contributed by atoms with Crippen molar-refractivity contribution in [3.8, 4) is 5.75 Å². The summed E-state index contributed by atoms with van der Waals surface area (Å²) in [4.78, 5) is 17.7. The molecule has 25 heavy (non-hydrogen) atoms. The molecule has 0 spiro atoms. The Hall–Kier alpha value is -2.17. The minimum absolute atomic E-state index is 0.117. The van der Waals surface area contributed by atoms with E-state index < -0.39 is 0 Å². The number of nitrogens with one attached hydrogen (secondary N) is 1. The van der Waals surface area contributed by atoms with E-state index in [2.05, 4.69) is 4.98 Å². The molecule has 0 saturated heterocycles. The Morgan fingerprint density at radius 1 is 1.16 bits per heavy atom. The number of hydrogen-bond donors (Lipinski definition) is 1. The molecule has 0 saturated carbocycles. The van der Waals surface area contributed by atoms with Gasteiger partial charge in [-0.05, 0) is 42.8 Å². The number of nitrogens with zero attached hydrogens (tertiary/aromatic N) is 1. The van der Waals surface area contributed by atoms with Crippen molar-refractivity contribution in [1.29, 1.82) is 0 Å². The van der Waals surface area contributed by atoms with Crippen molar-refractivity contribution in [2.75, 3.05) is 14.2 Å². The second kappa shape index (κ2) is 6.98. The Labute approximate surface area is 156 Å². The molecule has 6 heteroatoms. The second-order valence-corrected chi connectivity index (χ2v) is 6.74. The summed E-state index contributed by atoms with van der Waals surface area (Å²) in [6.45, 7) is 1.93. The number of aromatic nitrogens is 1. The summed E-state index contributed by atoms with van der Waals surface area (Å²) in [5.74, 6) is 0.622. The van der Waals surface area contributed by atoms with Crippen LogP contribution in [-0.4, -0.2) is 29.9 Å². The number of hydrogen-bond acceptors (Lipinski definition) is 2. The normalized spacial score (nSPS) is 12.2. The predicted octanol–water partition coefficient (Wildman–Crippen LogP) is 5.32. The van der Waals surface area contributed by atoms with Gasteiger partial charge in [0.05, 0.1) is 13.2 Å². The first-order chi connectivity index (χ1) is 11.9. The summed E-state index contributed by atoms with van der Waals surface area (Å²) in [5, 5.41) is 2.07. The van der Waals surface area contributed by atoms with E-state index in [1.54, 1.807) is 31.2 Å². The summed E-state index contributed by atoms with van der Waals surface area (Å²) < 4.78 is 5.22. The number of carbonyl (C=O) groups excluding carboxylic acids is 1. The number of ether oxygens (including phenoxy) is 1. The lowest BCUT2D eigenvalue weighted by atomic mass is 10.1. The number of methoxy groups -OCH3 is 1. The lowest BCUT2D eigenvalue weighted by Gasteiger charge is -2.25. The zero-order valence-electron chi connectivity index (χ0n) is 14.1. The highest BCUT2D eigenvalue weighted by atomic mass is 35.5. The molecule has 4 nitrogen and oxygen atoms in total. The smallest absolute Gasteiger partial charge is 0.270 e. The molecule has 0 fully saturated rings. The van der Waals surface area contributed by atoms with E-state index in [-0.39, 0.29) is 11.9 Å². The van der Waals surface area contributed by atoms with Gasteiger partial charge in [-0.1, -0.05) is 29.3 Å². The lowest BCUT2D eigenvalue weighted by Crippen LogP contribution is -2.30. The van der Waals surface area contributed by atoms with Gasteiger partial charge in [-0.2, -0.15) is 0 Å². The highest BCUT2D eigenvalue weighted by Crippen LogP contribution is 2.30. The molecule has 0 radical (unpaired) electrons. The number of H-pyrrole nitrogens is 1. The van der Waals surface area contributed by atoms with E-state index in [9.17, 15) is 4.79 Å². The Morgan fingerprint density at radius 2 is 1.92 bits per heavy atom. The molecule has 3 rings (SSSR count). The van der Waals surface area contributed by atoms with Gasteiger partial charge < -0.3 is 14.6 Å². The quantitative estimate of drug-likeness (QED) is 0.669. The molecule has 1 aromatic heterocycles. The monoisotopic (exact) mass is 376 g/mol. The van der Waals surface area contributed by atoms with Gasteiger partial charge in [0.2, 0.25) is 0 Å². The van der Waals surface area contributed by atoms with Crippen molar-refractivity contribution in [1.82, 2.24) is 9.88 Å². The third-order valence-corrected chi connectivity index (χ3v) is 4.94. The van der Waals surface area contributed by atoms with Crippen LogP contribution in [0.5, 0.6) is 5.75 Å². The average Bonchev–Trinajstić information content (AvgIpc) is 3.02. The van der Waals surface area contributed by atoms with E-state index in [0.29, 0.717) is 15.7 Å². The van der Waals surface area contributed by atoms with Crippen LogP contribution in [0.4, 0.5) is 0 Å². The van der Waals surface area contributed by atoms with Crippen molar-refractivity contribution in [2.24, 2.45) is 0 Å². The van der Waals surface area contributed by atoms with Crippen molar-refractivity contribution in [3.63, 3.8) is 0 Å². The van der Waals surface area contributed by atoms with Gasteiger partial charge in [-0.15, -0.1) is 0 Å². The minimum Gasteiger partial charge on any atom is -0.497 e. The fraction of sp³-hybridized carbons (Fsp3) is 0.211. The average molecular weight is 377 g/mol. The van der Waals surface area contributed by atoms with E-state index in [0.717, 1.165) is 22.2 Å². The SMILES string of the molecule is COc1ccc2cc(C(=O)N(C)[C@@H](C)c3ccc(Cl)cc3Cl)[nH]c2c1. The standard InChI is InChI=1S/C19H18Cl2N2O2/c1-11(15-7-5-13(20)9-16(15)21)23(2)19(24)18-8-12-4-6-14(25-3)10-17(12)22-18/h4-11,22H,1-3H3/t11-/m0/s1. The van der Waals surface area contributed by atoms with E-state index >= 15 is 0 Å². The maximum Gasteiger partial charge on any atom is 0.270 e. The van der Waals surface area contributed by atoms with Crippen LogP contribution in [0.25, 0.3) is 10.9 Å². The Balaban J connectivity index is 1.88. The summed E-state index contributed by atoms with van der Waals surface area (Å²) in [6, 6.07) is 12.6. The van der Waals surface area contributed by atoms with Gasteiger partial charge in [0.1, 0.15) is 11.4 Å². The summed E-state index contributed by atoms with van der Waals surface area (Å²) >= 11 is 12.2. The van der Waals surface area contributed by atoms with Crippen LogP contribution in [0.1, 0.15) is 29.0 Å². The lowest BCUT2D eigenvalue weighted by molar-refractivity contribution is 0.0738. The number of amides is 1. The van der Waals surface area contributed by atoms with Crippen LogP contribution in [0, 0.1) is 0 Å². The molecular weight excluding hydrogens is 359 g/mol. The molecule has 2 aromatic carbocycles. The first-order valence-corrected chi connectivity index (χ1v) is 8.55. The molecule has 0 unspecified atom stereocenters. The maximum absolute atomic E-state index is 12.9. The first kappa shape index (κ1) is 17.6. The molecule has 0 aliphatic carbocycles. The topological polar surface area (TPSA) is 45.3 Å². The highest BCUT2D eigenvalue weighted by Gasteiger charge is 2.22. The van der Waals surface area contributed by atoms with Gasteiger partial charge in [0.25, 0.3) is 5.91 Å². The Morgan fingerprint density at radius 3 is 2.60 bits per heavy atom. The second-order valence-electron chi connectivity index (χ2n) is 5.89. The molecular formula is C19H18Cl2N2O2. The largest absolute Gasteiger partial charge is 0.497 e. The minimum atomic E-state index is -0.196. The van der Waals surface area contributed by atoms with Crippen LogP contribution < -0.4 is 4.74 Å². The fourth-order valence-corrected chi connectivity index (χ4v) is 3.33. The number of carbonyl (C=O) groups is 1. The van der Waals surface area contributed by atoms with E-state index in [1.165, 1.54) is 0 Å². The van der Waals surface area contributed by atoms with Crippen LogP contribution in [0.15, 0.2) is 42.5 Å². The van der Waals surface area contributed by atoms with Crippen LogP contribution in [0.2, 0.25) is 10.0 Å². The Bertz CT molecular complexity index is 936. The zero-order chi connectivity index (χ0) is 18.1. The molecule has 3 aromatic rings. The molecule has 0 aliphatic heterocycles. The van der Waals surface area contributed by atoms with Gasteiger partial charge >= 0.3 is 0 Å². The van der Waals surface area contributed by atoms with Gasteiger partial charge in [-0.3, -0.25) is 4.79 Å². The third-order valence-electron chi connectivity index (χ3n) is 4.37. The predicted molar refractivity (Wildman–Crippen MR) is 102 cm³/mol. The van der Waals surface area contributed by atoms with Crippen LogP contribution in [-0.2, 0) is 0 Å². The summed E-state index contributed by atoms with van der Waals surface area (Å²) in [7, 11) is 3.37.